The van der Waals surface area contributed by atoms with Crippen LogP contribution in [0.1, 0.15) is 33.7 Å². The second kappa shape index (κ2) is 7.91. The van der Waals surface area contributed by atoms with E-state index in [0.717, 1.165) is 37.2 Å². The molecular weight excluding hydrogens is 332 g/mol. The van der Waals surface area contributed by atoms with Crippen LogP contribution in [0.25, 0.3) is 0 Å². The van der Waals surface area contributed by atoms with Crippen molar-refractivity contribution in [2.75, 3.05) is 13.1 Å². The Hall–Kier alpha value is -2.01. The van der Waals surface area contributed by atoms with Gasteiger partial charge in [0.1, 0.15) is 11.9 Å². The lowest BCUT2D eigenvalue weighted by Crippen LogP contribution is -2.46. The van der Waals surface area contributed by atoms with Crippen LogP contribution in [-0.4, -0.2) is 30.1 Å². The van der Waals surface area contributed by atoms with Gasteiger partial charge in [0.15, 0.2) is 0 Å². The Balaban J connectivity index is 1.46. The van der Waals surface area contributed by atoms with Crippen LogP contribution in [-0.2, 0) is 6.54 Å². The third kappa shape index (κ3) is 4.75. The van der Waals surface area contributed by atoms with Gasteiger partial charge in [-0.15, -0.1) is 11.3 Å². The summed E-state index contributed by atoms with van der Waals surface area (Å²) in [6.45, 7) is 8.32. The maximum absolute atomic E-state index is 12.3. The van der Waals surface area contributed by atoms with Gasteiger partial charge in [0, 0.05) is 35.7 Å². The molecule has 1 aliphatic heterocycles. The summed E-state index contributed by atoms with van der Waals surface area (Å²) in [6.07, 6.45) is 1.93. The smallest absolute Gasteiger partial charge is 0.317 e. The van der Waals surface area contributed by atoms with E-state index in [-0.39, 0.29) is 12.1 Å². The Kier molecular flexibility index (Phi) is 5.63. The summed E-state index contributed by atoms with van der Waals surface area (Å²) < 4.78 is 6.17. The number of amides is 2. The summed E-state index contributed by atoms with van der Waals surface area (Å²) in [6, 6.07) is 10.5. The van der Waals surface area contributed by atoms with E-state index >= 15 is 0 Å². The van der Waals surface area contributed by atoms with Gasteiger partial charge in [-0.3, -0.25) is 0 Å². The van der Waals surface area contributed by atoms with Gasteiger partial charge >= 0.3 is 6.03 Å². The number of nitrogens with one attached hydrogen (secondary N) is 1. The average molecular weight is 359 g/mol. The van der Waals surface area contributed by atoms with Gasteiger partial charge < -0.3 is 15.0 Å². The number of carbonyl (C=O) groups excluding carboxylic acids is 1. The second-order valence-electron chi connectivity index (χ2n) is 6.74. The van der Waals surface area contributed by atoms with Crippen molar-refractivity contribution in [3.8, 4) is 5.75 Å². The van der Waals surface area contributed by atoms with Crippen molar-refractivity contribution in [2.45, 2.75) is 46.3 Å². The topological polar surface area (TPSA) is 41.6 Å². The molecule has 5 heteroatoms. The van der Waals surface area contributed by atoms with Gasteiger partial charge in [-0.25, -0.2) is 4.79 Å². The van der Waals surface area contributed by atoms with Crippen molar-refractivity contribution in [3.05, 3.63) is 51.2 Å². The highest BCUT2D eigenvalue weighted by Gasteiger charge is 2.24. The van der Waals surface area contributed by atoms with Gasteiger partial charge in [-0.05, 0) is 50.1 Å². The Bertz CT molecular complexity index is 733. The van der Waals surface area contributed by atoms with Crippen LogP contribution in [0, 0.1) is 20.8 Å². The van der Waals surface area contributed by atoms with Crippen molar-refractivity contribution >= 4 is 17.4 Å². The van der Waals surface area contributed by atoms with Crippen LogP contribution < -0.4 is 10.1 Å². The van der Waals surface area contributed by atoms with E-state index < -0.39 is 0 Å². The molecule has 0 unspecified atom stereocenters. The number of carbonyl (C=O) groups is 1. The molecule has 0 spiro atoms. The quantitative estimate of drug-likeness (QED) is 0.879. The number of hydrogen-bond acceptors (Lipinski definition) is 3. The molecule has 2 heterocycles. The molecule has 1 saturated heterocycles. The molecule has 2 amide bonds. The number of benzene rings is 1. The molecule has 1 aromatic carbocycles. The molecule has 0 atom stereocenters. The van der Waals surface area contributed by atoms with Crippen LogP contribution in [0.15, 0.2) is 30.3 Å². The number of ether oxygens (including phenoxy) is 1. The van der Waals surface area contributed by atoms with Crippen molar-refractivity contribution in [2.24, 2.45) is 0 Å². The van der Waals surface area contributed by atoms with Gasteiger partial charge in [-0.2, -0.15) is 0 Å². The third-order valence-corrected chi connectivity index (χ3v) is 5.58. The molecule has 0 saturated carbocycles. The first kappa shape index (κ1) is 17.8. The third-order valence-electron chi connectivity index (χ3n) is 4.58. The summed E-state index contributed by atoms with van der Waals surface area (Å²) in [5.41, 5.74) is 2.37. The van der Waals surface area contributed by atoms with Gasteiger partial charge in [0.05, 0.1) is 6.54 Å². The normalized spacial score (nSPS) is 15.2. The number of thiophene rings is 1. The molecule has 0 aliphatic carbocycles. The summed E-state index contributed by atoms with van der Waals surface area (Å²) in [5, 5.41) is 3.02. The number of nitrogens with zero attached hydrogens (tertiary/aromatic N) is 1. The molecule has 1 N–H and O–H groups in total. The molecule has 3 rings (SSSR count). The van der Waals surface area contributed by atoms with Crippen LogP contribution in [0.2, 0.25) is 0 Å². The predicted octanol–water partition coefficient (Wildman–Crippen LogP) is 4.43. The Labute approximate surface area is 153 Å². The maximum atomic E-state index is 12.3. The summed E-state index contributed by atoms with van der Waals surface area (Å²) in [4.78, 5) is 16.7. The van der Waals surface area contributed by atoms with Crippen LogP contribution in [0.3, 0.4) is 0 Å². The lowest BCUT2D eigenvalue weighted by Gasteiger charge is -2.32. The molecule has 0 bridgehead atoms. The Morgan fingerprint density at radius 1 is 1.20 bits per heavy atom. The second-order valence-corrected chi connectivity index (χ2v) is 8.12. The molecule has 134 valence electrons. The fourth-order valence-corrected chi connectivity index (χ4v) is 3.88. The number of aryl methyl sites for hydroxylation is 3. The summed E-state index contributed by atoms with van der Waals surface area (Å²) in [5.74, 6) is 0.968. The minimum absolute atomic E-state index is 0.0243. The standard InChI is InChI=1S/C20H26N2O2S/c1-14-4-5-15(2)19(12-14)24-17-8-10-22(11-9-17)20(23)21-13-18-7-6-16(3)25-18/h4-7,12,17H,8-11,13H2,1-3H3,(H,21,23). The molecule has 4 nitrogen and oxygen atoms in total. The summed E-state index contributed by atoms with van der Waals surface area (Å²) >= 11 is 1.73. The van der Waals surface area contributed by atoms with Gasteiger partial charge in [0.25, 0.3) is 0 Å². The van der Waals surface area contributed by atoms with Crippen molar-refractivity contribution in [1.29, 1.82) is 0 Å². The lowest BCUT2D eigenvalue weighted by atomic mass is 10.1. The Morgan fingerprint density at radius 2 is 1.96 bits per heavy atom. The lowest BCUT2D eigenvalue weighted by molar-refractivity contribution is 0.110. The predicted molar refractivity (Wildman–Crippen MR) is 102 cm³/mol. The maximum Gasteiger partial charge on any atom is 0.317 e. The summed E-state index contributed by atoms with van der Waals surface area (Å²) in [7, 11) is 0. The molecule has 1 aliphatic rings. The van der Waals surface area contributed by atoms with E-state index in [0.29, 0.717) is 6.54 Å². The minimum atomic E-state index is 0.0243. The van der Waals surface area contributed by atoms with Crippen LogP contribution >= 0.6 is 11.3 Å². The van der Waals surface area contributed by atoms with Crippen LogP contribution in [0.4, 0.5) is 4.79 Å². The minimum Gasteiger partial charge on any atom is -0.490 e. The molecule has 1 fully saturated rings. The van der Waals surface area contributed by atoms with E-state index in [9.17, 15) is 4.79 Å². The first-order valence-electron chi connectivity index (χ1n) is 8.83. The SMILES string of the molecule is Cc1ccc(C)c(OC2CCN(C(=O)NCc3ccc(C)s3)CC2)c1. The van der Waals surface area contributed by atoms with E-state index in [4.69, 9.17) is 4.74 Å². The number of likely N-dealkylation sites (tertiary alicyclic amines) is 1. The van der Waals surface area contributed by atoms with E-state index in [1.165, 1.54) is 15.3 Å². The molecule has 2 aromatic rings. The van der Waals surface area contributed by atoms with E-state index in [1.807, 2.05) is 4.90 Å². The average Bonchev–Trinajstić information content (AvgIpc) is 3.02. The van der Waals surface area contributed by atoms with Gasteiger partial charge in [-0.1, -0.05) is 12.1 Å². The molecule has 1 aromatic heterocycles. The Morgan fingerprint density at radius 3 is 2.64 bits per heavy atom. The number of piperidine rings is 1. The fraction of sp³-hybridized carbons (Fsp3) is 0.450. The number of rotatable bonds is 4. The monoisotopic (exact) mass is 358 g/mol. The highest BCUT2D eigenvalue weighted by atomic mass is 32.1. The molecule has 0 radical (unpaired) electrons. The first-order valence-corrected chi connectivity index (χ1v) is 9.65. The zero-order valence-electron chi connectivity index (χ0n) is 15.2. The zero-order chi connectivity index (χ0) is 17.8. The zero-order valence-corrected chi connectivity index (χ0v) is 16.0. The molecular formula is C20H26N2O2S. The van der Waals surface area contributed by atoms with E-state index in [2.05, 4.69) is 56.4 Å². The number of hydrogen-bond donors (Lipinski definition) is 1. The largest absolute Gasteiger partial charge is 0.490 e. The van der Waals surface area contributed by atoms with Crippen molar-refractivity contribution < 1.29 is 9.53 Å². The van der Waals surface area contributed by atoms with Crippen molar-refractivity contribution in [3.63, 3.8) is 0 Å². The van der Waals surface area contributed by atoms with E-state index in [1.54, 1.807) is 11.3 Å². The number of urea groups is 1. The van der Waals surface area contributed by atoms with Crippen LogP contribution in [0.5, 0.6) is 5.75 Å². The molecule has 25 heavy (non-hydrogen) atoms. The van der Waals surface area contributed by atoms with Gasteiger partial charge in [0.2, 0.25) is 0 Å². The fourth-order valence-electron chi connectivity index (χ4n) is 3.05. The van der Waals surface area contributed by atoms with Crippen molar-refractivity contribution in [1.82, 2.24) is 10.2 Å². The first-order chi connectivity index (χ1) is 12.0. The highest BCUT2D eigenvalue weighted by molar-refractivity contribution is 7.11. The highest BCUT2D eigenvalue weighted by Crippen LogP contribution is 2.24.